The van der Waals surface area contributed by atoms with E-state index < -0.39 is 0 Å². The average Bonchev–Trinajstić information content (AvgIpc) is 1.35. The Morgan fingerprint density at radius 3 is 2.33 bits per heavy atom. The lowest BCUT2D eigenvalue weighted by molar-refractivity contribution is 0.399. The molecule has 0 atom stereocenters. The first-order valence-corrected chi connectivity index (χ1v) is 2.82. The summed E-state index contributed by atoms with van der Waals surface area (Å²) in [5, 5.41) is 9.12. The van der Waals surface area contributed by atoms with Crippen LogP contribution in [0.1, 0.15) is 6.42 Å². The average molecular weight is 151 g/mol. The van der Waals surface area contributed by atoms with Gasteiger partial charge in [-0.2, -0.15) is 0 Å². The van der Waals surface area contributed by atoms with Crippen molar-refractivity contribution in [3.05, 3.63) is 12.3 Å². The Morgan fingerprint density at radius 2 is 2.33 bits per heavy atom. The van der Waals surface area contributed by atoms with Crippen molar-refractivity contribution >= 4 is 15.9 Å². The third kappa shape index (κ3) is 4.02. The fraction of sp³-hybridized carbons (Fsp3) is 0.500. The summed E-state index contributed by atoms with van der Waals surface area (Å²) >= 11 is 3.13. The normalized spacial score (nSPS) is 8.17. The lowest BCUT2D eigenvalue weighted by Gasteiger charge is -1.85. The molecule has 0 unspecified atom stereocenters. The predicted octanol–water partition coefficient (Wildman–Crippen LogP) is 1.84. The van der Waals surface area contributed by atoms with Crippen molar-refractivity contribution in [2.24, 2.45) is 0 Å². The third-order valence-electron chi connectivity index (χ3n) is 0.383. The molecule has 1 N–H and O–H groups in total. The molecule has 0 aromatic heterocycles. The molecule has 0 radical (unpaired) electrons. The van der Waals surface area contributed by atoms with E-state index in [1.54, 1.807) is 0 Å². The van der Waals surface area contributed by atoms with E-state index in [0.29, 0.717) is 6.42 Å². The van der Waals surface area contributed by atoms with Crippen LogP contribution >= 0.6 is 15.9 Å². The molecule has 0 aliphatic heterocycles. The topological polar surface area (TPSA) is 20.2 Å². The zero-order valence-corrected chi connectivity index (χ0v) is 5.03. The van der Waals surface area contributed by atoms with Crippen molar-refractivity contribution in [2.45, 2.75) is 6.42 Å². The van der Waals surface area contributed by atoms with Crippen LogP contribution in [0.15, 0.2) is 12.3 Å². The second kappa shape index (κ2) is 3.22. The fourth-order valence-electron chi connectivity index (χ4n) is 0.109. The summed E-state index contributed by atoms with van der Waals surface area (Å²) in [5.74, 6) is 0.242. The Hall–Kier alpha value is 0.0200. The highest BCUT2D eigenvalue weighted by atomic mass is 79.9. The SMILES string of the molecule is C=C(O)CCBr. The molecule has 0 amide bonds. The van der Waals surface area contributed by atoms with E-state index >= 15 is 0 Å². The van der Waals surface area contributed by atoms with Crippen LogP contribution in [0.5, 0.6) is 0 Å². The van der Waals surface area contributed by atoms with Crippen LogP contribution in [0.3, 0.4) is 0 Å². The molecular weight excluding hydrogens is 144 g/mol. The first-order chi connectivity index (χ1) is 2.77. The number of alkyl halides is 1. The van der Waals surface area contributed by atoms with Gasteiger partial charge in [0.1, 0.15) is 0 Å². The zero-order valence-electron chi connectivity index (χ0n) is 3.45. The molecule has 0 spiro atoms. The Morgan fingerprint density at radius 1 is 1.83 bits per heavy atom. The van der Waals surface area contributed by atoms with Crippen molar-refractivity contribution in [1.29, 1.82) is 0 Å². The third-order valence-corrected chi connectivity index (χ3v) is 0.780. The van der Waals surface area contributed by atoms with Gasteiger partial charge in [0, 0.05) is 11.8 Å². The van der Waals surface area contributed by atoms with Gasteiger partial charge in [-0.15, -0.1) is 0 Å². The summed E-state index contributed by atoms with van der Waals surface area (Å²) in [6, 6.07) is 0. The van der Waals surface area contributed by atoms with Gasteiger partial charge >= 0.3 is 0 Å². The first kappa shape index (κ1) is 6.02. The molecule has 0 aliphatic rings. The van der Waals surface area contributed by atoms with Crippen molar-refractivity contribution in [3.8, 4) is 0 Å². The largest absolute Gasteiger partial charge is 0.513 e. The first-order valence-electron chi connectivity index (χ1n) is 1.70. The quantitative estimate of drug-likeness (QED) is 0.471. The molecule has 0 fully saturated rings. The molecule has 2 heteroatoms. The van der Waals surface area contributed by atoms with Gasteiger partial charge in [-0.25, -0.2) is 0 Å². The van der Waals surface area contributed by atoms with E-state index in [1.165, 1.54) is 0 Å². The molecule has 0 rings (SSSR count). The number of aliphatic hydroxyl groups excluding tert-OH is 1. The van der Waals surface area contributed by atoms with E-state index in [4.69, 9.17) is 5.11 Å². The predicted molar refractivity (Wildman–Crippen MR) is 30.2 cm³/mol. The minimum Gasteiger partial charge on any atom is -0.513 e. The Labute approximate surface area is 45.8 Å². The second-order valence-electron chi connectivity index (χ2n) is 1.01. The van der Waals surface area contributed by atoms with Gasteiger partial charge < -0.3 is 5.11 Å². The van der Waals surface area contributed by atoms with E-state index in [-0.39, 0.29) is 5.76 Å². The highest BCUT2D eigenvalue weighted by molar-refractivity contribution is 9.09. The summed E-state index contributed by atoms with van der Waals surface area (Å²) in [7, 11) is 0. The minimum absolute atomic E-state index is 0.242. The van der Waals surface area contributed by atoms with Crippen LogP contribution in [0, 0.1) is 0 Å². The summed E-state index contributed by atoms with van der Waals surface area (Å²) in [5.41, 5.74) is 0. The monoisotopic (exact) mass is 150 g/mol. The number of halogens is 1. The molecule has 36 valence electrons. The Balaban J connectivity index is 2.83. The van der Waals surface area contributed by atoms with Crippen LogP contribution < -0.4 is 0 Å². The van der Waals surface area contributed by atoms with Crippen LogP contribution in [0.2, 0.25) is 0 Å². The highest BCUT2D eigenvalue weighted by Crippen LogP contribution is 1.93. The summed E-state index contributed by atoms with van der Waals surface area (Å²) in [6.45, 7) is 3.27. The molecule has 0 aliphatic carbocycles. The maximum atomic E-state index is 8.33. The van der Waals surface area contributed by atoms with Gasteiger partial charge in [0.25, 0.3) is 0 Å². The standard InChI is InChI=1S/C4H7BrO/c1-4(6)2-3-5/h6H,1-3H2. The maximum absolute atomic E-state index is 8.33. The van der Waals surface area contributed by atoms with E-state index in [9.17, 15) is 0 Å². The molecule has 1 nitrogen and oxygen atoms in total. The van der Waals surface area contributed by atoms with Crippen LogP contribution in [0.25, 0.3) is 0 Å². The number of allylic oxidation sites excluding steroid dienone is 1. The molecule has 0 aromatic carbocycles. The number of rotatable bonds is 2. The van der Waals surface area contributed by atoms with Crippen LogP contribution in [-0.2, 0) is 0 Å². The molecule has 0 saturated heterocycles. The van der Waals surface area contributed by atoms with Gasteiger partial charge in [0.05, 0.1) is 5.76 Å². The van der Waals surface area contributed by atoms with Crippen molar-refractivity contribution in [3.63, 3.8) is 0 Å². The zero-order chi connectivity index (χ0) is 4.99. The molecule has 0 bridgehead atoms. The Kier molecular flexibility index (Phi) is 3.23. The number of hydrogen-bond acceptors (Lipinski definition) is 1. The molecular formula is C4H7BrO. The maximum Gasteiger partial charge on any atom is 0.0859 e. The van der Waals surface area contributed by atoms with Crippen LogP contribution in [-0.4, -0.2) is 10.4 Å². The number of hydrogen-bond donors (Lipinski definition) is 1. The molecule has 0 heterocycles. The Bertz CT molecular complexity index is 51.5. The molecule has 0 saturated carbocycles. The lowest BCUT2D eigenvalue weighted by Crippen LogP contribution is -1.75. The van der Waals surface area contributed by atoms with Crippen molar-refractivity contribution in [2.75, 3.05) is 5.33 Å². The van der Waals surface area contributed by atoms with Crippen molar-refractivity contribution < 1.29 is 5.11 Å². The van der Waals surface area contributed by atoms with E-state index in [0.717, 1.165) is 5.33 Å². The van der Waals surface area contributed by atoms with E-state index in [1.807, 2.05) is 0 Å². The molecule has 6 heavy (non-hydrogen) atoms. The summed E-state index contributed by atoms with van der Waals surface area (Å²) < 4.78 is 0. The highest BCUT2D eigenvalue weighted by Gasteiger charge is 1.80. The fourth-order valence-corrected chi connectivity index (χ4v) is 0.567. The lowest BCUT2D eigenvalue weighted by atomic mass is 10.4. The van der Waals surface area contributed by atoms with Gasteiger partial charge in [-0.1, -0.05) is 22.5 Å². The van der Waals surface area contributed by atoms with Gasteiger partial charge in [0.15, 0.2) is 0 Å². The van der Waals surface area contributed by atoms with Crippen molar-refractivity contribution in [1.82, 2.24) is 0 Å². The van der Waals surface area contributed by atoms with Gasteiger partial charge in [0.2, 0.25) is 0 Å². The van der Waals surface area contributed by atoms with E-state index in [2.05, 4.69) is 22.5 Å². The molecule has 0 aromatic rings. The van der Waals surface area contributed by atoms with Crippen LogP contribution in [0.4, 0.5) is 0 Å². The van der Waals surface area contributed by atoms with Gasteiger partial charge in [-0.05, 0) is 0 Å². The summed E-state index contributed by atoms with van der Waals surface area (Å²) in [4.78, 5) is 0. The van der Waals surface area contributed by atoms with Gasteiger partial charge in [-0.3, -0.25) is 0 Å². The summed E-state index contributed by atoms with van der Waals surface area (Å²) in [6.07, 6.45) is 0.653. The minimum atomic E-state index is 0.242. The second-order valence-corrected chi connectivity index (χ2v) is 1.80. The smallest absolute Gasteiger partial charge is 0.0859 e. The number of aliphatic hydroxyl groups is 1.